The van der Waals surface area contributed by atoms with Crippen molar-refractivity contribution < 1.29 is 9.32 Å². The van der Waals surface area contributed by atoms with Gasteiger partial charge in [-0.05, 0) is 35.0 Å². The van der Waals surface area contributed by atoms with E-state index in [1.807, 2.05) is 13.0 Å². The minimum Gasteiger partial charge on any atom is -0.364 e. The highest BCUT2D eigenvalue weighted by molar-refractivity contribution is 9.10. The second-order valence-electron chi connectivity index (χ2n) is 3.10. The van der Waals surface area contributed by atoms with E-state index in [1.54, 1.807) is 6.07 Å². The van der Waals surface area contributed by atoms with Gasteiger partial charge in [0.2, 0.25) is 0 Å². The van der Waals surface area contributed by atoms with Crippen molar-refractivity contribution in [2.45, 2.75) is 6.92 Å². The number of nitrogens with one attached hydrogen (secondary N) is 1. The Kier molecular flexibility index (Phi) is 3.00. The fraction of sp³-hybridized carbons (Fsp3) is 0.100. The summed E-state index contributed by atoms with van der Waals surface area (Å²) in [5, 5.41) is 6.15. The lowest BCUT2D eigenvalue weighted by Gasteiger charge is -2.03. The molecule has 0 saturated carbocycles. The van der Waals surface area contributed by atoms with E-state index in [4.69, 9.17) is 0 Å². The van der Waals surface area contributed by atoms with Crippen LogP contribution >= 0.6 is 15.9 Å². The van der Waals surface area contributed by atoms with Crippen LogP contribution < -0.4 is 5.32 Å². The van der Waals surface area contributed by atoms with Crippen LogP contribution in [0.1, 0.15) is 16.2 Å². The zero-order valence-corrected chi connectivity index (χ0v) is 9.98. The van der Waals surface area contributed by atoms with Crippen LogP contribution in [0, 0.1) is 6.92 Å². The van der Waals surface area contributed by atoms with Gasteiger partial charge in [0, 0.05) is 10.5 Å². The Morgan fingerprint density at radius 1 is 1.44 bits per heavy atom. The first-order valence-corrected chi connectivity index (χ1v) is 5.31. The SMILES string of the molecule is Cc1nc(NC(=O)c2ccon2)ccc1Br. The van der Waals surface area contributed by atoms with Crippen molar-refractivity contribution in [1.82, 2.24) is 10.1 Å². The summed E-state index contributed by atoms with van der Waals surface area (Å²) in [6.07, 6.45) is 1.34. The van der Waals surface area contributed by atoms with Crippen LogP contribution in [0.15, 0.2) is 33.5 Å². The summed E-state index contributed by atoms with van der Waals surface area (Å²) in [6, 6.07) is 5.01. The van der Waals surface area contributed by atoms with E-state index in [0.29, 0.717) is 5.82 Å². The number of carbonyl (C=O) groups excluding carboxylic acids is 1. The predicted octanol–water partition coefficient (Wildman–Crippen LogP) is 2.39. The van der Waals surface area contributed by atoms with E-state index in [-0.39, 0.29) is 11.6 Å². The third-order valence-electron chi connectivity index (χ3n) is 1.93. The summed E-state index contributed by atoms with van der Waals surface area (Å²) >= 11 is 3.33. The first-order valence-electron chi connectivity index (χ1n) is 4.51. The number of pyridine rings is 1. The van der Waals surface area contributed by atoms with Crippen molar-refractivity contribution in [2.75, 3.05) is 5.32 Å². The van der Waals surface area contributed by atoms with Crippen molar-refractivity contribution >= 4 is 27.7 Å². The van der Waals surface area contributed by atoms with Gasteiger partial charge in [0.25, 0.3) is 5.91 Å². The normalized spacial score (nSPS) is 10.1. The molecule has 0 atom stereocenters. The molecule has 2 aromatic rings. The lowest BCUT2D eigenvalue weighted by atomic mass is 10.3. The number of halogens is 1. The molecule has 0 aliphatic rings. The molecule has 1 amide bonds. The van der Waals surface area contributed by atoms with Crippen molar-refractivity contribution in [3.05, 3.63) is 40.3 Å². The second-order valence-corrected chi connectivity index (χ2v) is 3.96. The molecule has 0 aromatic carbocycles. The van der Waals surface area contributed by atoms with E-state index in [9.17, 15) is 4.79 Å². The van der Waals surface area contributed by atoms with Crippen LogP contribution in [0.4, 0.5) is 5.82 Å². The lowest BCUT2D eigenvalue weighted by Crippen LogP contribution is -2.13. The Bertz CT molecular complexity index is 511. The standard InChI is InChI=1S/C10H8BrN3O2/c1-6-7(11)2-3-9(12-6)13-10(15)8-4-5-16-14-8/h2-5H,1H3,(H,12,13,15). The van der Waals surface area contributed by atoms with Gasteiger partial charge in [-0.2, -0.15) is 0 Å². The molecular weight excluding hydrogens is 274 g/mol. The Balaban J connectivity index is 2.15. The van der Waals surface area contributed by atoms with Gasteiger partial charge in [-0.15, -0.1) is 0 Å². The van der Waals surface area contributed by atoms with Crippen molar-refractivity contribution in [3.8, 4) is 0 Å². The maximum atomic E-state index is 11.6. The highest BCUT2D eigenvalue weighted by Crippen LogP contribution is 2.16. The zero-order valence-electron chi connectivity index (χ0n) is 8.40. The Labute approximate surface area is 100.0 Å². The molecule has 0 spiro atoms. The quantitative estimate of drug-likeness (QED) is 0.918. The largest absolute Gasteiger partial charge is 0.364 e. The van der Waals surface area contributed by atoms with E-state index in [1.165, 1.54) is 12.3 Å². The van der Waals surface area contributed by atoms with Gasteiger partial charge >= 0.3 is 0 Å². The van der Waals surface area contributed by atoms with Crippen molar-refractivity contribution in [3.63, 3.8) is 0 Å². The topological polar surface area (TPSA) is 68.0 Å². The van der Waals surface area contributed by atoms with Gasteiger partial charge in [-0.1, -0.05) is 5.16 Å². The highest BCUT2D eigenvalue weighted by Gasteiger charge is 2.10. The van der Waals surface area contributed by atoms with Gasteiger partial charge in [-0.25, -0.2) is 4.98 Å². The average molecular weight is 282 g/mol. The molecule has 82 valence electrons. The van der Waals surface area contributed by atoms with Crippen molar-refractivity contribution in [1.29, 1.82) is 0 Å². The highest BCUT2D eigenvalue weighted by atomic mass is 79.9. The monoisotopic (exact) mass is 281 g/mol. The molecule has 1 N–H and O–H groups in total. The Hall–Kier alpha value is -1.69. The van der Waals surface area contributed by atoms with Crippen molar-refractivity contribution in [2.24, 2.45) is 0 Å². The molecule has 6 heteroatoms. The Morgan fingerprint density at radius 3 is 2.88 bits per heavy atom. The number of nitrogens with zero attached hydrogens (tertiary/aromatic N) is 2. The molecular formula is C10H8BrN3O2. The fourth-order valence-electron chi connectivity index (χ4n) is 1.12. The molecule has 0 aliphatic carbocycles. The maximum Gasteiger partial charge on any atom is 0.278 e. The third kappa shape index (κ3) is 2.27. The number of amides is 1. The molecule has 0 bridgehead atoms. The summed E-state index contributed by atoms with van der Waals surface area (Å²) in [6.45, 7) is 1.84. The summed E-state index contributed by atoms with van der Waals surface area (Å²) in [7, 11) is 0. The van der Waals surface area contributed by atoms with Crippen LogP contribution in [-0.4, -0.2) is 16.0 Å². The predicted molar refractivity (Wildman–Crippen MR) is 61.1 cm³/mol. The minimum atomic E-state index is -0.344. The summed E-state index contributed by atoms with van der Waals surface area (Å²) in [5.74, 6) is 0.136. The fourth-order valence-corrected chi connectivity index (χ4v) is 1.34. The number of hydrogen-bond acceptors (Lipinski definition) is 4. The molecule has 0 unspecified atom stereocenters. The zero-order chi connectivity index (χ0) is 11.5. The number of carbonyl (C=O) groups is 1. The number of aromatic nitrogens is 2. The van der Waals surface area contributed by atoms with E-state index >= 15 is 0 Å². The van der Waals surface area contributed by atoms with E-state index in [0.717, 1.165) is 10.2 Å². The summed E-state index contributed by atoms with van der Waals surface area (Å²) < 4.78 is 5.47. The Morgan fingerprint density at radius 2 is 2.25 bits per heavy atom. The third-order valence-corrected chi connectivity index (χ3v) is 2.77. The molecule has 5 nitrogen and oxygen atoms in total. The first kappa shape index (κ1) is 10.8. The van der Waals surface area contributed by atoms with E-state index in [2.05, 4.69) is 35.9 Å². The molecule has 2 rings (SSSR count). The molecule has 0 radical (unpaired) electrons. The molecule has 0 fully saturated rings. The van der Waals surface area contributed by atoms with Gasteiger partial charge < -0.3 is 9.84 Å². The molecule has 0 saturated heterocycles. The minimum absolute atomic E-state index is 0.224. The molecule has 2 aromatic heterocycles. The number of aryl methyl sites for hydroxylation is 1. The summed E-state index contributed by atoms with van der Waals surface area (Å²) in [4.78, 5) is 15.8. The first-order chi connectivity index (χ1) is 7.66. The van der Waals surface area contributed by atoms with Gasteiger partial charge in [-0.3, -0.25) is 4.79 Å². The average Bonchev–Trinajstić information content (AvgIpc) is 2.77. The number of rotatable bonds is 2. The van der Waals surface area contributed by atoms with Crippen LogP contribution in [-0.2, 0) is 0 Å². The van der Waals surface area contributed by atoms with Crippen LogP contribution in [0.25, 0.3) is 0 Å². The van der Waals surface area contributed by atoms with Gasteiger partial charge in [0.1, 0.15) is 12.1 Å². The number of anilines is 1. The lowest BCUT2D eigenvalue weighted by molar-refractivity contribution is 0.101. The van der Waals surface area contributed by atoms with Gasteiger partial charge in [0.15, 0.2) is 5.69 Å². The second kappa shape index (κ2) is 4.44. The van der Waals surface area contributed by atoms with E-state index < -0.39 is 0 Å². The molecule has 0 aliphatic heterocycles. The smallest absolute Gasteiger partial charge is 0.278 e. The molecule has 16 heavy (non-hydrogen) atoms. The number of hydrogen-bond donors (Lipinski definition) is 1. The van der Waals surface area contributed by atoms with Crippen LogP contribution in [0.2, 0.25) is 0 Å². The maximum absolute atomic E-state index is 11.6. The van der Waals surface area contributed by atoms with Gasteiger partial charge in [0.05, 0.1) is 5.69 Å². The van der Waals surface area contributed by atoms with Crippen LogP contribution in [0.3, 0.4) is 0 Å². The summed E-state index contributed by atoms with van der Waals surface area (Å²) in [5.41, 5.74) is 1.03. The van der Waals surface area contributed by atoms with Crippen LogP contribution in [0.5, 0.6) is 0 Å². The molecule has 2 heterocycles.